The number of benzene rings is 1. The van der Waals surface area contributed by atoms with Crippen LogP contribution in [-0.4, -0.2) is 38.6 Å². The Morgan fingerprint density at radius 1 is 1.29 bits per heavy atom. The van der Waals surface area contributed by atoms with Crippen LogP contribution < -0.4 is 10.2 Å². The summed E-state index contributed by atoms with van der Waals surface area (Å²) in [4.78, 5) is 24.9. The third kappa shape index (κ3) is 5.30. The molecule has 0 saturated carbocycles. The summed E-state index contributed by atoms with van der Waals surface area (Å²) in [6.45, 7) is 8.59. The number of amides is 1. The van der Waals surface area contributed by atoms with Crippen molar-refractivity contribution in [3.63, 3.8) is 0 Å². The van der Waals surface area contributed by atoms with E-state index in [9.17, 15) is 9.59 Å². The van der Waals surface area contributed by atoms with Crippen molar-refractivity contribution in [3.05, 3.63) is 42.0 Å². The van der Waals surface area contributed by atoms with Gasteiger partial charge in [-0.15, -0.1) is 0 Å². The largest absolute Gasteiger partial charge is 0.462 e. The van der Waals surface area contributed by atoms with Crippen molar-refractivity contribution in [2.24, 2.45) is 0 Å². The first-order valence-electron chi connectivity index (χ1n) is 6.87. The minimum absolute atomic E-state index is 0.138. The number of esters is 1. The smallest absolute Gasteiger partial charge is 0.338 e. The lowest BCUT2D eigenvalue weighted by atomic mass is 10.2. The van der Waals surface area contributed by atoms with Gasteiger partial charge in [0, 0.05) is 31.4 Å². The second-order valence-electron chi connectivity index (χ2n) is 4.73. The number of carbonyl (C=O) groups excluding carboxylic acids is 2. The quantitative estimate of drug-likeness (QED) is 0.616. The first-order valence-corrected chi connectivity index (χ1v) is 6.87. The van der Waals surface area contributed by atoms with Crippen LogP contribution in [0.1, 0.15) is 24.2 Å². The van der Waals surface area contributed by atoms with Crippen LogP contribution in [0.2, 0.25) is 0 Å². The number of likely N-dealkylation sites (N-methyl/N-ethyl adjacent to an activating group) is 1. The number of hydrogen-bond acceptors (Lipinski definition) is 4. The highest BCUT2D eigenvalue weighted by atomic mass is 16.5. The molecule has 0 aliphatic carbocycles. The number of anilines is 1. The van der Waals surface area contributed by atoms with E-state index in [1.165, 1.54) is 0 Å². The number of hydrogen-bond donors (Lipinski definition) is 1. The Hall–Kier alpha value is -2.30. The van der Waals surface area contributed by atoms with Gasteiger partial charge < -0.3 is 15.0 Å². The van der Waals surface area contributed by atoms with Gasteiger partial charge in [-0.05, 0) is 38.1 Å². The molecule has 1 aromatic carbocycles. The summed E-state index contributed by atoms with van der Waals surface area (Å²) in [5, 5.41) is 2.77. The summed E-state index contributed by atoms with van der Waals surface area (Å²) in [6, 6.07) is 7.17. The van der Waals surface area contributed by atoms with Crippen LogP contribution >= 0.6 is 0 Å². The summed E-state index contributed by atoms with van der Waals surface area (Å²) in [5.74, 6) is -0.457. The molecule has 0 fully saturated rings. The van der Waals surface area contributed by atoms with Gasteiger partial charge >= 0.3 is 5.97 Å². The summed E-state index contributed by atoms with van der Waals surface area (Å²) < 4.78 is 4.93. The molecule has 5 heteroatoms. The highest BCUT2D eigenvalue weighted by Gasteiger charge is 2.07. The van der Waals surface area contributed by atoms with E-state index < -0.39 is 0 Å². The first-order chi connectivity index (χ1) is 9.95. The highest BCUT2D eigenvalue weighted by molar-refractivity contribution is 5.92. The average Bonchev–Trinajstić information content (AvgIpc) is 2.47. The van der Waals surface area contributed by atoms with Crippen molar-refractivity contribution in [3.8, 4) is 0 Å². The predicted octanol–water partition coefficient (Wildman–Crippen LogP) is 1.99. The summed E-state index contributed by atoms with van der Waals surface area (Å²) in [5.41, 5.74) is 1.99. The molecule has 1 amide bonds. The summed E-state index contributed by atoms with van der Waals surface area (Å²) in [6.07, 6.45) is 0. The third-order valence-electron chi connectivity index (χ3n) is 2.94. The lowest BCUT2D eigenvalue weighted by Gasteiger charge is -2.19. The fourth-order valence-electron chi connectivity index (χ4n) is 1.68. The third-order valence-corrected chi connectivity index (χ3v) is 2.94. The maximum atomic E-state index is 11.5. The lowest BCUT2D eigenvalue weighted by molar-refractivity contribution is -0.117. The van der Waals surface area contributed by atoms with Gasteiger partial charge in [0.2, 0.25) is 5.91 Å². The first kappa shape index (κ1) is 16.8. The minimum Gasteiger partial charge on any atom is -0.462 e. The number of ether oxygens (including phenoxy) is 1. The van der Waals surface area contributed by atoms with Gasteiger partial charge in [0.25, 0.3) is 0 Å². The molecule has 1 aromatic rings. The standard InChI is InChI=1S/C16H22N2O3/c1-5-21-16(20)13-6-8-14(9-7-13)18(4)11-10-17-15(19)12(2)3/h6-9H,2,5,10-11H2,1,3-4H3,(H,17,19). The van der Waals surface area contributed by atoms with Crippen LogP contribution in [0.5, 0.6) is 0 Å². The molecule has 0 bridgehead atoms. The van der Waals surface area contributed by atoms with E-state index in [0.717, 1.165) is 5.69 Å². The van der Waals surface area contributed by atoms with E-state index in [4.69, 9.17) is 4.74 Å². The fraction of sp³-hybridized carbons (Fsp3) is 0.375. The molecular formula is C16H22N2O3. The molecule has 1 N–H and O–H groups in total. The molecule has 0 aromatic heterocycles. The molecular weight excluding hydrogens is 268 g/mol. The van der Waals surface area contributed by atoms with Crippen LogP contribution in [-0.2, 0) is 9.53 Å². The lowest BCUT2D eigenvalue weighted by Crippen LogP contribution is -2.33. The van der Waals surface area contributed by atoms with Crippen LogP contribution in [0.15, 0.2) is 36.4 Å². The molecule has 0 spiro atoms. The van der Waals surface area contributed by atoms with E-state index in [1.54, 1.807) is 26.0 Å². The Kier molecular flexibility index (Phi) is 6.46. The Labute approximate surface area is 125 Å². The van der Waals surface area contributed by atoms with Crippen molar-refractivity contribution in [2.45, 2.75) is 13.8 Å². The van der Waals surface area contributed by atoms with Crippen molar-refractivity contribution in [2.75, 3.05) is 31.6 Å². The molecule has 0 saturated heterocycles. The molecule has 0 unspecified atom stereocenters. The molecule has 0 radical (unpaired) electrons. The number of carbonyl (C=O) groups is 2. The Morgan fingerprint density at radius 3 is 2.43 bits per heavy atom. The van der Waals surface area contributed by atoms with E-state index in [1.807, 2.05) is 24.1 Å². The molecule has 0 heterocycles. The Bertz CT molecular complexity index is 509. The molecule has 5 nitrogen and oxygen atoms in total. The van der Waals surface area contributed by atoms with Gasteiger partial charge in [-0.3, -0.25) is 4.79 Å². The van der Waals surface area contributed by atoms with Crippen molar-refractivity contribution in [1.82, 2.24) is 5.32 Å². The van der Waals surface area contributed by atoms with E-state index in [0.29, 0.717) is 30.8 Å². The van der Waals surface area contributed by atoms with Crippen molar-refractivity contribution >= 4 is 17.6 Å². The second kappa shape index (κ2) is 8.09. The van der Waals surface area contributed by atoms with Crippen molar-refractivity contribution < 1.29 is 14.3 Å². The highest BCUT2D eigenvalue weighted by Crippen LogP contribution is 2.14. The zero-order valence-corrected chi connectivity index (χ0v) is 12.8. The molecule has 0 aliphatic rings. The zero-order valence-electron chi connectivity index (χ0n) is 12.8. The van der Waals surface area contributed by atoms with Gasteiger partial charge in [-0.1, -0.05) is 6.58 Å². The van der Waals surface area contributed by atoms with Gasteiger partial charge in [-0.2, -0.15) is 0 Å². The maximum absolute atomic E-state index is 11.5. The fourth-order valence-corrected chi connectivity index (χ4v) is 1.68. The Balaban J connectivity index is 2.51. The SMILES string of the molecule is C=C(C)C(=O)NCCN(C)c1ccc(C(=O)OCC)cc1. The number of nitrogens with one attached hydrogen (secondary N) is 1. The summed E-state index contributed by atoms with van der Waals surface area (Å²) >= 11 is 0. The van der Waals surface area contributed by atoms with Crippen molar-refractivity contribution in [1.29, 1.82) is 0 Å². The second-order valence-corrected chi connectivity index (χ2v) is 4.73. The van der Waals surface area contributed by atoms with Crippen LogP contribution in [0.3, 0.4) is 0 Å². The van der Waals surface area contributed by atoms with Gasteiger partial charge in [-0.25, -0.2) is 4.79 Å². The predicted molar refractivity (Wildman–Crippen MR) is 83.5 cm³/mol. The van der Waals surface area contributed by atoms with Gasteiger partial charge in [0.1, 0.15) is 0 Å². The number of nitrogens with zero attached hydrogens (tertiary/aromatic N) is 1. The average molecular weight is 290 g/mol. The number of rotatable bonds is 7. The molecule has 21 heavy (non-hydrogen) atoms. The molecule has 1 rings (SSSR count). The van der Waals surface area contributed by atoms with E-state index in [-0.39, 0.29) is 11.9 Å². The summed E-state index contributed by atoms with van der Waals surface area (Å²) in [7, 11) is 1.92. The van der Waals surface area contributed by atoms with Crippen LogP contribution in [0.25, 0.3) is 0 Å². The van der Waals surface area contributed by atoms with Crippen LogP contribution in [0.4, 0.5) is 5.69 Å². The van der Waals surface area contributed by atoms with Crippen LogP contribution in [0, 0.1) is 0 Å². The van der Waals surface area contributed by atoms with Gasteiger partial charge in [0.05, 0.1) is 12.2 Å². The van der Waals surface area contributed by atoms with E-state index >= 15 is 0 Å². The monoisotopic (exact) mass is 290 g/mol. The minimum atomic E-state index is -0.319. The van der Waals surface area contributed by atoms with E-state index in [2.05, 4.69) is 11.9 Å². The molecule has 114 valence electrons. The Morgan fingerprint density at radius 2 is 1.90 bits per heavy atom. The molecule has 0 aliphatic heterocycles. The topological polar surface area (TPSA) is 58.6 Å². The normalized spacial score (nSPS) is 9.86. The van der Waals surface area contributed by atoms with Gasteiger partial charge in [0.15, 0.2) is 0 Å². The maximum Gasteiger partial charge on any atom is 0.338 e. The zero-order chi connectivity index (χ0) is 15.8. The molecule has 0 atom stereocenters.